The minimum atomic E-state index is 0.542. The van der Waals surface area contributed by atoms with Gasteiger partial charge < -0.3 is 15.0 Å². The van der Waals surface area contributed by atoms with Gasteiger partial charge in [-0.2, -0.15) is 5.26 Å². The number of morpholine rings is 1. The van der Waals surface area contributed by atoms with E-state index in [9.17, 15) is 5.26 Å². The largest absolute Gasteiger partial charge is 0.379 e. The van der Waals surface area contributed by atoms with E-state index in [4.69, 9.17) is 4.74 Å². The Morgan fingerprint density at radius 2 is 1.96 bits per heavy atom. The van der Waals surface area contributed by atoms with Gasteiger partial charge >= 0.3 is 0 Å². The van der Waals surface area contributed by atoms with Crippen LogP contribution < -0.4 is 10.2 Å². The van der Waals surface area contributed by atoms with E-state index in [1.165, 1.54) is 0 Å². The second-order valence-corrected chi connectivity index (χ2v) is 6.11. The normalized spacial score (nSPS) is 14.2. The molecule has 0 bridgehead atoms. The molecule has 0 aliphatic carbocycles. The molecule has 26 heavy (non-hydrogen) atoms. The Morgan fingerprint density at radius 3 is 2.81 bits per heavy atom. The molecule has 2 aromatic heterocycles. The summed E-state index contributed by atoms with van der Waals surface area (Å²) < 4.78 is 5.44. The molecule has 1 aliphatic heterocycles. The average Bonchev–Trinajstić information content (AvgIpc) is 2.72. The van der Waals surface area contributed by atoms with E-state index in [-0.39, 0.29) is 0 Å². The number of nitrogens with one attached hydrogen (secondary N) is 1. The standard InChI is InChI=1S/C20H19N5O/c21-12-16-14-23-18-6-2-1-5-17(18)19(16)24-13-15-4-3-7-22-20(15)25-8-10-26-11-9-25/h1-7,14H,8-11,13H2,(H,23,24). The quantitative estimate of drug-likeness (QED) is 0.784. The van der Waals surface area contributed by atoms with E-state index in [0.29, 0.717) is 12.1 Å². The Bertz CT molecular complexity index is 960. The van der Waals surface area contributed by atoms with Crippen molar-refractivity contribution < 1.29 is 4.74 Å². The minimum absolute atomic E-state index is 0.542. The Labute approximate surface area is 152 Å². The molecule has 1 saturated heterocycles. The summed E-state index contributed by atoms with van der Waals surface area (Å²) in [6.07, 6.45) is 3.44. The van der Waals surface area contributed by atoms with Crippen LogP contribution >= 0.6 is 0 Å². The molecule has 130 valence electrons. The van der Waals surface area contributed by atoms with Gasteiger partial charge in [0.25, 0.3) is 0 Å². The van der Waals surface area contributed by atoms with Gasteiger partial charge in [0.2, 0.25) is 0 Å². The smallest absolute Gasteiger partial charge is 0.133 e. The van der Waals surface area contributed by atoms with Crippen LogP contribution in [0.25, 0.3) is 10.9 Å². The molecule has 1 aliphatic rings. The first kappa shape index (κ1) is 16.3. The summed E-state index contributed by atoms with van der Waals surface area (Å²) in [4.78, 5) is 11.2. The van der Waals surface area contributed by atoms with Gasteiger partial charge in [-0.05, 0) is 12.1 Å². The van der Waals surface area contributed by atoms with Gasteiger partial charge in [-0.25, -0.2) is 4.98 Å². The van der Waals surface area contributed by atoms with Crippen molar-refractivity contribution in [2.24, 2.45) is 0 Å². The lowest BCUT2D eigenvalue weighted by Gasteiger charge is -2.29. The molecule has 4 rings (SSSR count). The molecule has 0 radical (unpaired) electrons. The summed E-state index contributed by atoms with van der Waals surface area (Å²) in [6, 6.07) is 14.1. The molecule has 3 heterocycles. The molecular formula is C20H19N5O. The average molecular weight is 345 g/mol. The second kappa shape index (κ2) is 7.38. The fourth-order valence-corrected chi connectivity index (χ4v) is 3.23. The van der Waals surface area contributed by atoms with Gasteiger partial charge in [0.05, 0.1) is 30.0 Å². The molecular weight excluding hydrogens is 326 g/mol. The highest BCUT2D eigenvalue weighted by Crippen LogP contribution is 2.27. The molecule has 0 amide bonds. The van der Waals surface area contributed by atoms with E-state index < -0.39 is 0 Å². The van der Waals surface area contributed by atoms with E-state index >= 15 is 0 Å². The van der Waals surface area contributed by atoms with Crippen molar-refractivity contribution in [1.29, 1.82) is 5.26 Å². The van der Waals surface area contributed by atoms with Crippen LogP contribution in [-0.4, -0.2) is 36.3 Å². The number of pyridine rings is 2. The molecule has 0 unspecified atom stereocenters. The number of para-hydroxylation sites is 1. The van der Waals surface area contributed by atoms with Crippen LogP contribution in [0.1, 0.15) is 11.1 Å². The van der Waals surface area contributed by atoms with Crippen LogP contribution in [0.4, 0.5) is 11.5 Å². The number of nitrogens with zero attached hydrogens (tertiary/aromatic N) is 4. The molecule has 1 N–H and O–H groups in total. The van der Waals surface area contributed by atoms with Crippen molar-refractivity contribution in [3.63, 3.8) is 0 Å². The first-order valence-electron chi connectivity index (χ1n) is 8.65. The highest BCUT2D eigenvalue weighted by Gasteiger charge is 2.16. The molecule has 0 atom stereocenters. The monoisotopic (exact) mass is 345 g/mol. The number of hydrogen-bond acceptors (Lipinski definition) is 6. The van der Waals surface area contributed by atoms with Gasteiger partial charge in [0.15, 0.2) is 0 Å². The van der Waals surface area contributed by atoms with E-state index in [1.54, 1.807) is 6.20 Å². The van der Waals surface area contributed by atoms with Crippen LogP contribution in [0, 0.1) is 11.3 Å². The van der Waals surface area contributed by atoms with E-state index in [0.717, 1.165) is 54.3 Å². The second-order valence-electron chi connectivity index (χ2n) is 6.11. The number of nitriles is 1. The summed E-state index contributed by atoms with van der Waals surface area (Å²) in [6.45, 7) is 3.70. The number of rotatable bonds is 4. The van der Waals surface area contributed by atoms with Crippen molar-refractivity contribution in [2.75, 3.05) is 36.5 Å². The number of ether oxygens (including phenoxy) is 1. The Balaban J connectivity index is 1.64. The summed E-state index contributed by atoms with van der Waals surface area (Å²) in [7, 11) is 0. The first-order chi connectivity index (χ1) is 12.9. The number of benzene rings is 1. The zero-order valence-corrected chi connectivity index (χ0v) is 14.4. The van der Waals surface area contributed by atoms with Crippen molar-refractivity contribution in [1.82, 2.24) is 9.97 Å². The molecule has 0 saturated carbocycles. The number of fused-ring (bicyclic) bond motifs is 1. The molecule has 3 aromatic rings. The SMILES string of the molecule is N#Cc1cnc2ccccc2c1NCc1cccnc1N1CCOCC1. The maximum absolute atomic E-state index is 9.47. The maximum Gasteiger partial charge on any atom is 0.133 e. The predicted octanol–water partition coefficient (Wildman–Crippen LogP) is 2.95. The summed E-state index contributed by atoms with van der Waals surface area (Å²) >= 11 is 0. The van der Waals surface area contributed by atoms with Gasteiger partial charge in [-0.15, -0.1) is 0 Å². The number of anilines is 2. The first-order valence-corrected chi connectivity index (χ1v) is 8.65. The summed E-state index contributed by atoms with van der Waals surface area (Å²) in [5, 5.41) is 13.9. The Hall–Kier alpha value is -3.17. The van der Waals surface area contributed by atoms with Gasteiger partial charge in [-0.1, -0.05) is 24.3 Å². The zero-order valence-electron chi connectivity index (χ0n) is 14.4. The van der Waals surface area contributed by atoms with E-state index in [2.05, 4.69) is 32.3 Å². The Kier molecular flexibility index (Phi) is 4.63. The van der Waals surface area contributed by atoms with Crippen LogP contribution in [0.2, 0.25) is 0 Å². The van der Waals surface area contributed by atoms with Crippen LogP contribution in [0.15, 0.2) is 48.8 Å². The zero-order chi connectivity index (χ0) is 17.8. The van der Waals surface area contributed by atoms with Crippen LogP contribution in [-0.2, 0) is 11.3 Å². The molecule has 1 aromatic carbocycles. The third-order valence-corrected chi connectivity index (χ3v) is 4.53. The van der Waals surface area contributed by atoms with Crippen molar-refractivity contribution in [3.8, 4) is 6.07 Å². The maximum atomic E-state index is 9.47. The molecule has 0 spiro atoms. The van der Waals surface area contributed by atoms with Crippen molar-refractivity contribution in [3.05, 3.63) is 59.9 Å². The Morgan fingerprint density at radius 1 is 1.12 bits per heavy atom. The van der Waals surface area contributed by atoms with E-state index in [1.807, 2.05) is 36.5 Å². The highest BCUT2D eigenvalue weighted by atomic mass is 16.5. The lowest BCUT2D eigenvalue weighted by molar-refractivity contribution is 0.122. The topological polar surface area (TPSA) is 74.1 Å². The fraction of sp³-hybridized carbons (Fsp3) is 0.250. The molecule has 6 nitrogen and oxygen atoms in total. The van der Waals surface area contributed by atoms with Gasteiger partial charge in [-0.3, -0.25) is 4.98 Å². The lowest BCUT2D eigenvalue weighted by atomic mass is 10.1. The third kappa shape index (κ3) is 3.17. The predicted molar refractivity (Wildman–Crippen MR) is 101 cm³/mol. The molecule has 1 fully saturated rings. The summed E-state index contributed by atoms with van der Waals surface area (Å²) in [5.74, 6) is 0.972. The number of aromatic nitrogens is 2. The highest BCUT2D eigenvalue weighted by molar-refractivity contribution is 5.93. The van der Waals surface area contributed by atoms with Gasteiger partial charge in [0, 0.05) is 43.0 Å². The molecule has 6 heteroatoms. The van der Waals surface area contributed by atoms with Crippen molar-refractivity contribution in [2.45, 2.75) is 6.54 Å². The van der Waals surface area contributed by atoms with Gasteiger partial charge in [0.1, 0.15) is 11.9 Å². The lowest BCUT2D eigenvalue weighted by Crippen LogP contribution is -2.37. The van der Waals surface area contributed by atoms with Crippen LogP contribution in [0.3, 0.4) is 0 Å². The summed E-state index contributed by atoms with van der Waals surface area (Å²) in [5.41, 5.74) is 3.32. The third-order valence-electron chi connectivity index (χ3n) is 4.53. The fourth-order valence-electron chi connectivity index (χ4n) is 3.23. The van der Waals surface area contributed by atoms with Crippen LogP contribution in [0.5, 0.6) is 0 Å². The minimum Gasteiger partial charge on any atom is -0.379 e. The van der Waals surface area contributed by atoms with Crippen molar-refractivity contribution >= 4 is 22.4 Å². The number of hydrogen-bond donors (Lipinski definition) is 1.